The largest absolute Gasteiger partial charge is 0.493 e. The maximum absolute atomic E-state index is 13.7. The van der Waals surface area contributed by atoms with Crippen LogP contribution in [0.5, 0.6) is 11.5 Å². The van der Waals surface area contributed by atoms with Crippen molar-refractivity contribution in [1.82, 2.24) is 5.32 Å². The van der Waals surface area contributed by atoms with E-state index in [4.69, 9.17) is 9.47 Å². The molecule has 0 saturated heterocycles. The van der Waals surface area contributed by atoms with Crippen molar-refractivity contribution in [3.05, 3.63) is 130 Å². The van der Waals surface area contributed by atoms with Gasteiger partial charge in [-0.15, -0.1) is 23.1 Å². The Bertz CT molecular complexity index is 2090. The molecule has 1 heterocycles. The minimum atomic E-state index is -0.571. The summed E-state index contributed by atoms with van der Waals surface area (Å²) in [4.78, 5) is 40.8. The van der Waals surface area contributed by atoms with Crippen molar-refractivity contribution in [3.63, 3.8) is 0 Å². The molecule has 0 saturated carbocycles. The zero-order valence-corrected chi connectivity index (χ0v) is 29.4. The molecule has 5 aromatic rings. The molecule has 252 valence electrons. The van der Waals surface area contributed by atoms with E-state index in [1.165, 1.54) is 43.4 Å². The number of methoxy groups -OCH3 is 2. The summed E-state index contributed by atoms with van der Waals surface area (Å²) < 4.78 is 10.9. The molecular formula is C39H34N4O5S2. The van der Waals surface area contributed by atoms with Crippen molar-refractivity contribution < 1.29 is 23.9 Å². The van der Waals surface area contributed by atoms with E-state index in [9.17, 15) is 19.6 Å². The summed E-state index contributed by atoms with van der Waals surface area (Å²) in [6, 6.07) is 31.0. The zero-order valence-electron chi connectivity index (χ0n) is 27.8. The third-order valence-corrected chi connectivity index (χ3v) is 9.53. The molecule has 4 aromatic carbocycles. The molecule has 1 unspecified atom stereocenters. The predicted octanol–water partition coefficient (Wildman–Crippen LogP) is 8.14. The Morgan fingerprint density at radius 1 is 0.900 bits per heavy atom. The second kappa shape index (κ2) is 16.5. The molecule has 11 heteroatoms. The van der Waals surface area contributed by atoms with Crippen LogP contribution in [0, 0.1) is 18.3 Å². The normalized spacial score (nSPS) is 11.5. The third kappa shape index (κ3) is 8.60. The van der Waals surface area contributed by atoms with Crippen molar-refractivity contribution in [1.29, 1.82) is 5.26 Å². The van der Waals surface area contributed by atoms with E-state index < -0.39 is 17.1 Å². The number of nitriles is 1. The molecule has 0 aliphatic heterocycles. The number of amides is 3. The number of ether oxygens (including phenoxy) is 2. The summed E-state index contributed by atoms with van der Waals surface area (Å²) in [5.41, 5.74) is 4.55. The molecule has 0 aliphatic rings. The third-order valence-electron chi connectivity index (χ3n) is 7.54. The molecule has 5 rings (SSSR count). The van der Waals surface area contributed by atoms with Crippen LogP contribution in [0.1, 0.15) is 34.0 Å². The number of hydrogen-bond acceptors (Lipinski definition) is 8. The van der Waals surface area contributed by atoms with Gasteiger partial charge in [-0.05, 0) is 61.9 Å². The number of thioether (sulfide) groups is 1. The first-order valence-corrected chi connectivity index (χ1v) is 17.2. The van der Waals surface area contributed by atoms with E-state index in [1.54, 1.807) is 73.7 Å². The van der Waals surface area contributed by atoms with E-state index in [-0.39, 0.29) is 11.6 Å². The Kier molecular flexibility index (Phi) is 11.7. The molecule has 3 amide bonds. The lowest BCUT2D eigenvalue weighted by molar-refractivity contribution is -0.115. The molecule has 0 aliphatic carbocycles. The van der Waals surface area contributed by atoms with E-state index >= 15 is 0 Å². The van der Waals surface area contributed by atoms with Crippen LogP contribution in [-0.4, -0.2) is 37.2 Å². The van der Waals surface area contributed by atoms with Crippen molar-refractivity contribution in [3.8, 4) is 28.7 Å². The summed E-state index contributed by atoms with van der Waals surface area (Å²) in [7, 11) is 3.01. The van der Waals surface area contributed by atoms with Gasteiger partial charge in [0, 0.05) is 32.7 Å². The summed E-state index contributed by atoms with van der Waals surface area (Å²) in [6.07, 6.45) is 1.52. The van der Waals surface area contributed by atoms with Gasteiger partial charge in [0.05, 0.1) is 25.0 Å². The molecule has 1 aromatic heterocycles. The van der Waals surface area contributed by atoms with Crippen molar-refractivity contribution in [2.45, 2.75) is 24.0 Å². The summed E-state index contributed by atoms with van der Waals surface area (Å²) in [5, 5.41) is 20.2. The zero-order chi connectivity index (χ0) is 35.6. The molecule has 1 atom stereocenters. The summed E-state index contributed by atoms with van der Waals surface area (Å²) in [5.74, 6) is -0.435. The molecule has 0 radical (unpaired) electrons. The van der Waals surface area contributed by atoms with Gasteiger partial charge < -0.3 is 25.4 Å². The fraction of sp³-hybridized carbons (Fsp3) is 0.128. The van der Waals surface area contributed by atoms with Gasteiger partial charge in [-0.3, -0.25) is 14.4 Å². The highest BCUT2D eigenvalue weighted by molar-refractivity contribution is 8.00. The average molecular weight is 703 g/mol. The number of para-hydroxylation sites is 1. The fourth-order valence-electron chi connectivity index (χ4n) is 4.95. The Hall–Kier alpha value is -5.83. The second-order valence-corrected chi connectivity index (χ2v) is 13.3. The predicted molar refractivity (Wildman–Crippen MR) is 200 cm³/mol. The number of hydrogen-bond donors (Lipinski definition) is 3. The van der Waals surface area contributed by atoms with Gasteiger partial charge in [0.2, 0.25) is 5.91 Å². The quantitative estimate of drug-likeness (QED) is 0.0884. The number of aryl methyl sites for hydroxylation is 1. The van der Waals surface area contributed by atoms with Crippen LogP contribution < -0.4 is 25.4 Å². The Labute approximate surface area is 299 Å². The Morgan fingerprint density at radius 2 is 1.64 bits per heavy atom. The maximum Gasteiger partial charge on any atom is 0.272 e. The van der Waals surface area contributed by atoms with Gasteiger partial charge in [-0.1, -0.05) is 66.2 Å². The molecule has 0 bridgehead atoms. The summed E-state index contributed by atoms with van der Waals surface area (Å²) >= 11 is 2.61. The van der Waals surface area contributed by atoms with E-state index in [2.05, 4.69) is 22.0 Å². The Balaban J connectivity index is 1.32. The monoisotopic (exact) mass is 702 g/mol. The number of anilines is 2. The second-order valence-electron chi connectivity index (χ2n) is 11.0. The van der Waals surface area contributed by atoms with E-state index in [1.807, 2.05) is 42.6 Å². The van der Waals surface area contributed by atoms with Gasteiger partial charge in [-0.2, -0.15) is 5.26 Å². The number of rotatable bonds is 12. The van der Waals surface area contributed by atoms with Gasteiger partial charge in [0.25, 0.3) is 11.8 Å². The topological polar surface area (TPSA) is 130 Å². The first-order chi connectivity index (χ1) is 24.2. The number of benzene rings is 4. The molecule has 50 heavy (non-hydrogen) atoms. The van der Waals surface area contributed by atoms with Crippen LogP contribution in [0.15, 0.2) is 113 Å². The highest BCUT2D eigenvalue weighted by Gasteiger charge is 2.21. The first-order valence-electron chi connectivity index (χ1n) is 15.5. The number of carbonyl (C=O) groups is 3. The van der Waals surface area contributed by atoms with E-state index in [0.717, 1.165) is 21.6 Å². The van der Waals surface area contributed by atoms with Crippen LogP contribution in [0.2, 0.25) is 0 Å². The molecule has 0 fully saturated rings. The molecular weight excluding hydrogens is 669 g/mol. The number of nitrogens with one attached hydrogen (secondary N) is 3. The lowest BCUT2D eigenvalue weighted by Crippen LogP contribution is -2.30. The number of nitrogens with zero attached hydrogens (tertiary/aromatic N) is 1. The van der Waals surface area contributed by atoms with Crippen molar-refractivity contribution in [2.75, 3.05) is 24.9 Å². The standard InChI is InChI=1S/C39H34N4O5S2/c1-24-16-18-26(19-17-24)32-23-49-39(31(32)22-40)43-36(44)25(2)50-30-14-9-13-29(21-30)41-38(46)33(42-37(45)27-10-6-5-7-11-27)20-28-12-8-15-34(47-3)35(28)48-4/h5-21,23,25H,1-4H3,(H,41,46)(H,42,45)(H,43,44)/b33-20+. The van der Waals surface area contributed by atoms with Crippen LogP contribution >= 0.6 is 23.1 Å². The first kappa shape index (κ1) is 35.5. The van der Waals surface area contributed by atoms with Crippen LogP contribution in [-0.2, 0) is 9.59 Å². The van der Waals surface area contributed by atoms with Gasteiger partial charge in [0.1, 0.15) is 16.8 Å². The highest BCUT2D eigenvalue weighted by atomic mass is 32.2. The van der Waals surface area contributed by atoms with Crippen molar-refractivity contribution >= 4 is 57.6 Å². The highest BCUT2D eigenvalue weighted by Crippen LogP contribution is 2.36. The Morgan fingerprint density at radius 3 is 2.34 bits per heavy atom. The fourth-order valence-corrected chi connectivity index (χ4v) is 6.80. The molecule has 9 nitrogen and oxygen atoms in total. The van der Waals surface area contributed by atoms with Crippen LogP contribution in [0.3, 0.4) is 0 Å². The minimum Gasteiger partial charge on any atom is -0.493 e. The number of carbonyl (C=O) groups excluding carboxylic acids is 3. The number of thiophene rings is 1. The maximum atomic E-state index is 13.7. The minimum absolute atomic E-state index is 0.0227. The van der Waals surface area contributed by atoms with Gasteiger partial charge >= 0.3 is 0 Å². The smallest absolute Gasteiger partial charge is 0.272 e. The van der Waals surface area contributed by atoms with Gasteiger partial charge in [-0.25, -0.2) is 0 Å². The SMILES string of the molecule is COc1cccc(/C=C(/NC(=O)c2ccccc2)C(=O)Nc2cccc(SC(C)C(=O)Nc3scc(-c4ccc(C)cc4)c3C#N)c2)c1OC. The van der Waals surface area contributed by atoms with Crippen molar-refractivity contribution in [2.24, 2.45) is 0 Å². The van der Waals surface area contributed by atoms with Crippen LogP contribution in [0.25, 0.3) is 17.2 Å². The van der Waals surface area contributed by atoms with Gasteiger partial charge in [0.15, 0.2) is 11.5 Å². The lowest BCUT2D eigenvalue weighted by atomic mass is 10.0. The van der Waals surface area contributed by atoms with Crippen LogP contribution in [0.4, 0.5) is 10.7 Å². The summed E-state index contributed by atoms with van der Waals surface area (Å²) in [6.45, 7) is 3.77. The lowest BCUT2D eigenvalue weighted by Gasteiger charge is -2.15. The molecule has 0 spiro atoms. The average Bonchev–Trinajstić information content (AvgIpc) is 3.54. The van der Waals surface area contributed by atoms with E-state index in [0.29, 0.717) is 38.9 Å². The molecule has 3 N–H and O–H groups in total.